The largest absolute Gasteiger partial charge is 0.372 e. The summed E-state index contributed by atoms with van der Waals surface area (Å²) in [5.41, 5.74) is 6.73. The van der Waals surface area contributed by atoms with Crippen molar-refractivity contribution >= 4 is 35.5 Å². The molecule has 1 heterocycles. The van der Waals surface area contributed by atoms with Crippen LogP contribution in [-0.2, 0) is 11.3 Å². The van der Waals surface area contributed by atoms with Crippen molar-refractivity contribution < 1.29 is 9.53 Å². The summed E-state index contributed by atoms with van der Waals surface area (Å²) in [6.45, 7) is 1.25. The number of nitrogens with zero attached hydrogens (tertiary/aromatic N) is 1. The molecule has 5 nitrogen and oxygen atoms in total. The fourth-order valence-electron chi connectivity index (χ4n) is 2.36. The van der Waals surface area contributed by atoms with Crippen molar-refractivity contribution in [3.8, 4) is 0 Å². The van der Waals surface area contributed by atoms with Crippen molar-refractivity contribution in [2.45, 2.75) is 25.2 Å². The Hall–Kier alpha value is -1.21. The van der Waals surface area contributed by atoms with E-state index in [1.54, 1.807) is 12.1 Å². The molecule has 22 heavy (non-hydrogen) atoms. The van der Waals surface area contributed by atoms with Gasteiger partial charge in [0.1, 0.15) is 0 Å². The molecule has 122 valence electrons. The first-order valence-electron chi connectivity index (χ1n) is 6.92. The Morgan fingerprint density at radius 3 is 2.86 bits per heavy atom. The number of carbonyl (C=O) groups is 1. The van der Waals surface area contributed by atoms with Gasteiger partial charge in [-0.15, -0.1) is 12.4 Å². The normalized spacial score (nSPS) is 20.3. The summed E-state index contributed by atoms with van der Waals surface area (Å²) >= 11 is 5.37. The smallest absolute Gasteiger partial charge is 0.248 e. The van der Waals surface area contributed by atoms with Gasteiger partial charge in [-0.3, -0.25) is 4.79 Å². The Morgan fingerprint density at radius 1 is 1.50 bits per heavy atom. The molecule has 1 aliphatic heterocycles. The Bertz CT molecular complexity index is 539. The van der Waals surface area contributed by atoms with Gasteiger partial charge in [-0.1, -0.05) is 24.4 Å². The van der Waals surface area contributed by atoms with Gasteiger partial charge >= 0.3 is 0 Å². The summed E-state index contributed by atoms with van der Waals surface area (Å²) in [7, 11) is 3.90. The third-order valence-electron chi connectivity index (χ3n) is 3.53. The lowest BCUT2D eigenvalue weighted by molar-refractivity contribution is 0.0534. The molecule has 3 N–H and O–H groups in total. The summed E-state index contributed by atoms with van der Waals surface area (Å²) in [6.07, 6.45) is 0.997. The Morgan fingerprint density at radius 2 is 2.23 bits per heavy atom. The van der Waals surface area contributed by atoms with Crippen molar-refractivity contribution in [3.63, 3.8) is 0 Å². The third-order valence-corrected chi connectivity index (χ3v) is 4.18. The second-order valence-corrected chi connectivity index (χ2v) is 5.85. The predicted octanol–water partition coefficient (Wildman–Crippen LogP) is 1.34. The minimum Gasteiger partial charge on any atom is -0.372 e. The maximum atomic E-state index is 11.1. The Kier molecular flexibility index (Phi) is 7.22. The standard InChI is InChI=1S/C15H21N3O2S.ClH/c1-18(2)15(21)13-7-12(8-17-13)20-9-10-4-3-5-11(6-10)14(16)19;/h3-6,12-13,17H,7-9H2,1-2H3,(H2,16,19);1H/t12-,13+;/m1./s1. The van der Waals surface area contributed by atoms with Crippen LogP contribution in [0.25, 0.3) is 0 Å². The molecule has 1 aliphatic rings. The molecule has 1 fully saturated rings. The summed E-state index contributed by atoms with van der Waals surface area (Å²) < 4.78 is 5.89. The first-order chi connectivity index (χ1) is 9.97. The van der Waals surface area contributed by atoms with Crippen molar-refractivity contribution in [2.24, 2.45) is 5.73 Å². The number of primary amides is 1. The summed E-state index contributed by atoms with van der Waals surface area (Å²) in [5.74, 6) is -0.421. The molecule has 1 aromatic carbocycles. The summed E-state index contributed by atoms with van der Waals surface area (Å²) in [4.78, 5) is 14.0. The molecule has 1 saturated heterocycles. The number of likely N-dealkylation sites (N-methyl/N-ethyl adjacent to an activating group) is 1. The van der Waals surface area contributed by atoms with Crippen LogP contribution in [0.2, 0.25) is 0 Å². The number of halogens is 1. The van der Waals surface area contributed by atoms with E-state index in [9.17, 15) is 4.79 Å². The molecule has 0 spiro atoms. The van der Waals surface area contributed by atoms with Crippen LogP contribution in [0.4, 0.5) is 0 Å². The van der Waals surface area contributed by atoms with E-state index in [0.717, 1.165) is 23.5 Å². The second kappa shape index (κ2) is 8.43. The minimum atomic E-state index is -0.421. The molecule has 1 aromatic rings. The molecule has 2 atom stereocenters. The van der Waals surface area contributed by atoms with Gasteiger partial charge in [-0.25, -0.2) is 0 Å². The topological polar surface area (TPSA) is 67.6 Å². The number of nitrogens with two attached hydrogens (primary N) is 1. The highest BCUT2D eigenvalue weighted by molar-refractivity contribution is 7.80. The first kappa shape index (κ1) is 18.8. The predicted molar refractivity (Wildman–Crippen MR) is 93.5 cm³/mol. The Labute approximate surface area is 142 Å². The van der Waals surface area contributed by atoms with E-state index in [0.29, 0.717) is 12.2 Å². The number of ether oxygens (including phenoxy) is 1. The fraction of sp³-hybridized carbons (Fsp3) is 0.467. The third kappa shape index (κ3) is 4.91. The SMILES string of the molecule is CN(C)C(=S)[C@@H]1C[C@@H](OCc2cccc(C(N)=O)c2)CN1.Cl. The molecule has 2 rings (SSSR count). The zero-order chi connectivity index (χ0) is 15.4. The highest BCUT2D eigenvalue weighted by Gasteiger charge is 2.28. The molecule has 0 bridgehead atoms. The van der Waals surface area contributed by atoms with Gasteiger partial charge in [0.25, 0.3) is 0 Å². The zero-order valence-electron chi connectivity index (χ0n) is 12.7. The van der Waals surface area contributed by atoms with E-state index in [1.165, 1.54) is 0 Å². The van der Waals surface area contributed by atoms with E-state index in [1.807, 2.05) is 31.1 Å². The van der Waals surface area contributed by atoms with E-state index in [4.69, 9.17) is 22.7 Å². The van der Waals surface area contributed by atoms with Crippen LogP contribution in [0.15, 0.2) is 24.3 Å². The van der Waals surface area contributed by atoms with Crippen LogP contribution in [0.1, 0.15) is 22.3 Å². The van der Waals surface area contributed by atoms with E-state index in [-0.39, 0.29) is 24.6 Å². The first-order valence-corrected chi connectivity index (χ1v) is 7.33. The number of carbonyl (C=O) groups excluding carboxylic acids is 1. The van der Waals surface area contributed by atoms with Gasteiger partial charge in [0.2, 0.25) is 5.91 Å². The van der Waals surface area contributed by atoms with Crippen LogP contribution in [0.5, 0.6) is 0 Å². The van der Waals surface area contributed by atoms with Crippen molar-refractivity contribution in [1.82, 2.24) is 10.2 Å². The molecular weight excluding hydrogens is 322 g/mol. The number of hydrogen-bond acceptors (Lipinski definition) is 4. The van der Waals surface area contributed by atoms with Gasteiger partial charge in [-0.2, -0.15) is 0 Å². The van der Waals surface area contributed by atoms with Crippen LogP contribution in [-0.4, -0.2) is 48.6 Å². The van der Waals surface area contributed by atoms with Gasteiger partial charge < -0.3 is 20.7 Å². The average Bonchev–Trinajstić information content (AvgIpc) is 2.93. The summed E-state index contributed by atoms with van der Waals surface area (Å²) in [6, 6.07) is 7.41. The number of benzene rings is 1. The molecule has 0 radical (unpaired) electrons. The molecule has 7 heteroatoms. The molecule has 0 unspecified atom stereocenters. The highest BCUT2D eigenvalue weighted by Crippen LogP contribution is 2.15. The van der Waals surface area contributed by atoms with Gasteiger partial charge in [-0.05, 0) is 24.1 Å². The van der Waals surface area contributed by atoms with Crippen LogP contribution in [0.3, 0.4) is 0 Å². The second-order valence-electron chi connectivity index (χ2n) is 5.43. The number of nitrogens with one attached hydrogen (secondary N) is 1. The quantitative estimate of drug-likeness (QED) is 0.790. The van der Waals surface area contributed by atoms with Crippen molar-refractivity contribution in [3.05, 3.63) is 35.4 Å². The van der Waals surface area contributed by atoms with Gasteiger partial charge in [0, 0.05) is 26.2 Å². The lowest BCUT2D eigenvalue weighted by atomic mass is 10.1. The molecular formula is C15H22ClN3O2S. The maximum Gasteiger partial charge on any atom is 0.248 e. The zero-order valence-corrected chi connectivity index (χ0v) is 14.4. The van der Waals surface area contributed by atoms with Crippen LogP contribution in [0, 0.1) is 0 Å². The number of thiocarbonyl (C=S) groups is 1. The molecule has 1 amide bonds. The van der Waals surface area contributed by atoms with Crippen molar-refractivity contribution in [2.75, 3.05) is 20.6 Å². The van der Waals surface area contributed by atoms with Crippen LogP contribution >= 0.6 is 24.6 Å². The van der Waals surface area contributed by atoms with Gasteiger partial charge in [0.15, 0.2) is 0 Å². The maximum absolute atomic E-state index is 11.1. The van der Waals surface area contributed by atoms with Crippen molar-refractivity contribution in [1.29, 1.82) is 0 Å². The van der Waals surface area contributed by atoms with Gasteiger partial charge in [0.05, 0.1) is 23.7 Å². The molecule has 0 saturated carbocycles. The molecule has 0 aliphatic carbocycles. The van der Waals surface area contributed by atoms with E-state index in [2.05, 4.69) is 5.32 Å². The number of rotatable bonds is 5. The Balaban J connectivity index is 0.00000242. The average molecular weight is 344 g/mol. The lowest BCUT2D eigenvalue weighted by Gasteiger charge is -2.19. The minimum absolute atomic E-state index is 0. The van der Waals surface area contributed by atoms with E-state index >= 15 is 0 Å². The monoisotopic (exact) mass is 343 g/mol. The summed E-state index contributed by atoms with van der Waals surface area (Å²) in [5, 5.41) is 3.37. The fourth-order valence-corrected chi connectivity index (χ4v) is 2.54. The number of amides is 1. The number of hydrogen-bond donors (Lipinski definition) is 2. The van der Waals surface area contributed by atoms with E-state index < -0.39 is 5.91 Å². The van der Waals surface area contributed by atoms with Crippen LogP contribution < -0.4 is 11.1 Å². The highest BCUT2D eigenvalue weighted by atomic mass is 35.5. The lowest BCUT2D eigenvalue weighted by Crippen LogP contribution is -2.38. The molecule has 0 aromatic heterocycles.